The van der Waals surface area contributed by atoms with Crippen molar-refractivity contribution in [3.05, 3.63) is 25.5 Å². The summed E-state index contributed by atoms with van der Waals surface area (Å²) in [5.74, 6) is -0.0231. The lowest BCUT2D eigenvalue weighted by molar-refractivity contribution is -0.135. The van der Waals surface area contributed by atoms with Crippen LogP contribution in [0.15, 0.2) is 25.5 Å². The van der Waals surface area contributed by atoms with Gasteiger partial charge in [-0.15, -0.1) is 6.58 Å². The van der Waals surface area contributed by atoms with Crippen LogP contribution in [0.4, 0.5) is 0 Å². The Morgan fingerprint density at radius 1 is 1.60 bits per heavy atom. The molecule has 0 radical (unpaired) electrons. The molecule has 0 aromatic carbocycles. The standard InChI is InChI=1S/C7H11NO.C4H6O2/c1-3-6-4-5-8(2)7(6)9;1-3-6-4(2)5/h3,6H,1,4-5H2,2H3;3H,1H2,2H3. The van der Waals surface area contributed by atoms with Gasteiger partial charge in [0, 0.05) is 20.5 Å². The number of rotatable bonds is 2. The highest BCUT2D eigenvalue weighted by Gasteiger charge is 2.25. The number of carbonyl (C=O) groups is 2. The number of hydrogen-bond donors (Lipinski definition) is 0. The van der Waals surface area contributed by atoms with Gasteiger partial charge in [-0.25, -0.2) is 0 Å². The lowest BCUT2D eigenvalue weighted by Crippen LogP contribution is -2.21. The molecule has 0 N–H and O–H groups in total. The third-order valence-corrected chi connectivity index (χ3v) is 2.00. The molecule has 1 saturated heterocycles. The van der Waals surface area contributed by atoms with Crippen LogP contribution < -0.4 is 0 Å². The number of nitrogens with zero attached hydrogens (tertiary/aromatic N) is 1. The molecule has 0 saturated carbocycles. The lowest BCUT2D eigenvalue weighted by Gasteiger charge is -2.05. The largest absolute Gasteiger partial charge is 0.435 e. The van der Waals surface area contributed by atoms with Gasteiger partial charge in [0.15, 0.2) is 0 Å². The van der Waals surface area contributed by atoms with Crippen LogP contribution in [0.5, 0.6) is 0 Å². The Kier molecular flexibility index (Phi) is 6.09. The predicted octanol–water partition coefficient (Wildman–Crippen LogP) is 1.34. The van der Waals surface area contributed by atoms with E-state index >= 15 is 0 Å². The van der Waals surface area contributed by atoms with Crippen LogP contribution in [0.25, 0.3) is 0 Å². The van der Waals surface area contributed by atoms with Crippen molar-refractivity contribution in [1.82, 2.24) is 4.90 Å². The molecule has 84 valence electrons. The molecule has 0 aliphatic carbocycles. The number of carbonyl (C=O) groups excluding carboxylic acids is 2. The second-order valence-corrected chi connectivity index (χ2v) is 3.17. The summed E-state index contributed by atoms with van der Waals surface area (Å²) in [5.41, 5.74) is 0. The Balaban J connectivity index is 0.000000288. The van der Waals surface area contributed by atoms with E-state index in [1.54, 1.807) is 11.0 Å². The van der Waals surface area contributed by atoms with E-state index < -0.39 is 0 Å². The zero-order valence-electron chi connectivity index (χ0n) is 9.23. The summed E-state index contributed by atoms with van der Waals surface area (Å²) in [4.78, 5) is 22.5. The van der Waals surface area contributed by atoms with E-state index in [9.17, 15) is 9.59 Å². The van der Waals surface area contributed by atoms with E-state index in [-0.39, 0.29) is 17.8 Å². The first kappa shape index (κ1) is 13.4. The van der Waals surface area contributed by atoms with Crippen LogP contribution in [0.3, 0.4) is 0 Å². The summed E-state index contributed by atoms with van der Waals surface area (Å²) in [7, 11) is 1.83. The molecule has 1 unspecified atom stereocenters. The molecule has 0 aromatic rings. The molecular weight excluding hydrogens is 194 g/mol. The topological polar surface area (TPSA) is 46.6 Å². The van der Waals surface area contributed by atoms with Crippen LogP contribution in [-0.4, -0.2) is 30.4 Å². The van der Waals surface area contributed by atoms with Crippen molar-refractivity contribution < 1.29 is 14.3 Å². The zero-order valence-corrected chi connectivity index (χ0v) is 9.23. The van der Waals surface area contributed by atoms with Gasteiger partial charge in [-0.1, -0.05) is 12.7 Å². The molecule has 1 aliphatic heterocycles. The fraction of sp³-hybridized carbons (Fsp3) is 0.455. The highest BCUT2D eigenvalue weighted by atomic mass is 16.5. The van der Waals surface area contributed by atoms with E-state index in [1.165, 1.54) is 6.92 Å². The van der Waals surface area contributed by atoms with Crippen molar-refractivity contribution in [2.45, 2.75) is 13.3 Å². The SMILES string of the molecule is C=CC1CCN(C)C1=O.C=COC(C)=O. The first-order valence-electron chi connectivity index (χ1n) is 4.68. The minimum Gasteiger partial charge on any atom is -0.435 e. The normalized spacial score (nSPS) is 18.9. The van der Waals surface area contributed by atoms with Gasteiger partial charge in [-0.2, -0.15) is 0 Å². The quantitative estimate of drug-likeness (QED) is 0.393. The Morgan fingerprint density at radius 3 is 2.33 bits per heavy atom. The molecule has 1 amide bonds. The van der Waals surface area contributed by atoms with E-state index in [1.807, 2.05) is 7.05 Å². The fourth-order valence-electron chi connectivity index (χ4n) is 1.19. The number of amides is 1. The Morgan fingerprint density at radius 2 is 2.20 bits per heavy atom. The van der Waals surface area contributed by atoms with E-state index in [0.717, 1.165) is 19.2 Å². The van der Waals surface area contributed by atoms with E-state index in [2.05, 4.69) is 17.9 Å². The molecule has 0 spiro atoms. The number of ether oxygens (including phenoxy) is 1. The Bertz CT molecular complexity index is 261. The molecule has 1 rings (SSSR count). The monoisotopic (exact) mass is 211 g/mol. The smallest absolute Gasteiger partial charge is 0.307 e. The second kappa shape index (κ2) is 6.81. The van der Waals surface area contributed by atoms with Gasteiger partial charge in [0.2, 0.25) is 5.91 Å². The van der Waals surface area contributed by atoms with Crippen molar-refractivity contribution in [3.8, 4) is 0 Å². The number of likely N-dealkylation sites (tertiary alicyclic amines) is 1. The molecule has 0 aromatic heterocycles. The van der Waals surface area contributed by atoms with E-state index in [0.29, 0.717) is 0 Å². The Hall–Kier alpha value is -1.58. The number of esters is 1. The third kappa shape index (κ3) is 5.00. The van der Waals surface area contributed by atoms with Gasteiger partial charge >= 0.3 is 5.97 Å². The Labute approximate surface area is 90.2 Å². The van der Waals surface area contributed by atoms with Crippen LogP contribution >= 0.6 is 0 Å². The van der Waals surface area contributed by atoms with Crippen molar-refractivity contribution in [2.24, 2.45) is 5.92 Å². The minimum atomic E-state index is -0.329. The average Bonchev–Trinajstić information content (AvgIpc) is 2.48. The minimum absolute atomic E-state index is 0.0926. The van der Waals surface area contributed by atoms with Gasteiger partial charge in [-0.3, -0.25) is 9.59 Å². The average molecular weight is 211 g/mol. The van der Waals surface area contributed by atoms with Gasteiger partial charge in [0.05, 0.1) is 12.2 Å². The fourth-order valence-corrected chi connectivity index (χ4v) is 1.19. The maximum Gasteiger partial charge on any atom is 0.307 e. The summed E-state index contributed by atoms with van der Waals surface area (Å²) in [6.07, 6.45) is 3.77. The molecule has 1 aliphatic rings. The van der Waals surface area contributed by atoms with Crippen LogP contribution in [0.2, 0.25) is 0 Å². The van der Waals surface area contributed by atoms with Gasteiger partial charge < -0.3 is 9.64 Å². The summed E-state index contributed by atoms with van der Waals surface area (Å²) in [5, 5.41) is 0. The van der Waals surface area contributed by atoms with Crippen LogP contribution in [0, 0.1) is 5.92 Å². The van der Waals surface area contributed by atoms with Crippen molar-refractivity contribution in [1.29, 1.82) is 0 Å². The van der Waals surface area contributed by atoms with Crippen LogP contribution in [0.1, 0.15) is 13.3 Å². The highest BCUT2D eigenvalue weighted by molar-refractivity contribution is 5.82. The first-order chi connectivity index (χ1) is 7.02. The molecule has 1 fully saturated rings. The molecule has 0 bridgehead atoms. The molecular formula is C11H17NO3. The van der Waals surface area contributed by atoms with Crippen molar-refractivity contribution >= 4 is 11.9 Å². The van der Waals surface area contributed by atoms with Crippen molar-refractivity contribution in [3.63, 3.8) is 0 Å². The highest BCUT2D eigenvalue weighted by Crippen LogP contribution is 2.15. The summed E-state index contributed by atoms with van der Waals surface area (Å²) < 4.78 is 4.17. The second-order valence-electron chi connectivity index (χ2n) is 3.17. The van der Waals surface area contributed by atoms with Gasteiger partial charge in [0.1, 0.15) is 0 Å². The summed E-state index contributed by atoms with van der Waals surface area (Å²) >= 11 is 0. The number of hydrogen-bond acceptors (Lipinski definition) is 3. The van der Waals surface area contributed by atoms with Gasteiger partial charge in [-0.05, 0) is 6.42 Å². The molecule has 1 heterocycles. The van der Waals surface area contributed by atoms with Gasteiger partial charge in [0.25, 0.3) is 0 Å². The zero-order chi connectivity index (χ0) is 11.8. The maximum absolute atomic E-state index is 11.0. The van der Waals surface area contributed by atoms with Crippen molar-refractivity contribution in [2.75, 3.05) is 13.6 Å². The lowest BCUT2D eigenvalue weighted by atomic mass is 10.1. The third-order valence-electron chi connectivity index (χ3n) is 2.00. The molecule has 4 nitrogen and oxygen atoms in total. The summed E-state index contributed by atoms with van der Waals surface area (Å²) in [6, 6.07) is 0. The molecule has 4 heteroatoms. The molecule has 15 heavy (non-hydrogen) atoms. The summed E-state index contributed by atoms with van der Waals surface area (Å²) in [6.45, 7) is 8.94. The van der Waals surface area contributed by atoms with Crippen LogP contribution in [-0.2, 0) is 14.3 Å². The van der Waals surface area contributed by atoms with E-state index in [4.69, 9.17) is 0 Å². The first-order valence-corrected chi connectivity index (χ1v) is 4.68. The molecule has 1 atom stereocenters. The maximum atomic E-state index is 11.0. The predicted molar refractivity (Wildman–Crippen MR) is 57.9 cm³/mol.